The summed E-state index contributed by atoms with van der Waals surface area (Å²) in [7, 11) is 0. The van der Waals surface area contributed by atoms with Gasteiger partial charge < -0.3 is 5.11 Å². The number of nitrogens with one attached hydrogen (secondary N) is 1. The van der Waals surface area contributed by atoms with Crippen LogP contribution in [0.3, 0.4) is 0 Å². The molecular weight excluding hydrogens is 276 g/mol. The molecule has 0 aliphatic carbocycles. The normalized spacial score (nSPS) is 11.2. The molecule has 0 bridgehead atoms. The van der Waals surface area contributed by atoms with Gasteiger partial charge in [0.05, 0.1) is 5.71 Å². The Labute approximate surface area is 121 Å². The van der Waals surface area contributed by atoms with Crippen LogP contribution in [0.4, 0.5) is 0 Å². The Morgan fingerprint density at radius 2 is 1.85 bits per heavy atom. The maximum Gasteiger partial charge on any atom is 0.271 e. The lowest BCUT2D eigenvalue weighted by Crippen LogP contribution is -2.19. The molecule has 0 saturated carbocycles. The van der Waals surface area contributed by atoms with Gasteiger partial charge in [-0.2, -0.15) is 5.10 Å². The molecule has 0 aliphatic heterocycles. The highest BCUT2D eigenvalue weighted by atomic mass is 35.5. The molecule has 102 valence electrons. The zero-order valence-electron chi connectivity index (χ0n) is 10.8. The first-order valence-corrected chi connectivity index (χ1v) is 6.33. The second kappa shape index (κ2) is 6.21. The van der Waals surface area contributed by atoms with E-state index in [1.165, 1.54) is 0 Å². The number of aromatic hydroxyl groups is 1. The number of hydrogen-bond acceptors (Lipinski definition) is 3. The van der Waals surface area contributed by atoms with Crippen LogP contribution < -0.4 is 5.43 Å². The molecule has 2 N–H and O–H groups in total. The average Bonchev–Trinajstić information content (AvgIpc) is 2.45. The zero-order valence-corrected chi connectivity index (χ0v) is 11.6. The number of halogens is 1. The topological polar surface area (TPSA) is 61.7 Å². The Bertz CT molecular complexity index is 651. The van der Waals surface area contributed by atoms with Crippen molar-refractivity contribution in [2.75, 3.05) is 0 Å². The number of carbonyl (C=O) groups excluding carboxylic acids is 1. The molecule has 0 fully saturated rings. The smallest absolute Gasteiger partial charge is 0.271 e. The second-order valence-corrected chi connectivity index (χ2v) is 4.63. The van der Waals surface area contributed by atoms with Crippen molar-refractivity contribution in [1.82, 2.24) is 5.43 Å². The fourth-order valence-corrected chi connectivity index (χ4v) is 1.72. The van der Waals surface area contributed by atoms with E-state index in [9.17, 15) is 9.90 Å². The van der Waals surface area contributed by atoms with Crippen LogP contribution in [0.2, 0.25) is 5.02 Å². The third kappa shape index (κ3) is 3.59. The van der Waals surface area contributed by atoms with Gasteiger partial charge in [0.2, 0.25) is 0 Å². The summed E-state index contributed by atoms with van der Waals surface area (Å²) in [4.78, 5) is 11.8. The Kier molecular flexibility index (Phi) is 4.38. The van der Waals surface area contributed by atoms with E-state index in [1.807, 2.05) is 0 Å². The predicted octanol–water partition coefficient (Wildman–Crippen LogP) is 3.20. The Morgan fingerprint density at radius 1 is 1.15 bits per heavy atom. The third-order valence-corrected chi connectivity index (χ3v) is 2.95. The number of nitrogens with zero attached hydrogens (tertiary/aromatic N) is 1. The molecule has 0 spiro atoms. The van der Waals surface area contributed by atoms with Gasteiger partial charge in [0, 0.05) is 16.1 Å². The Balaban J connectivity index is 2.08. The van der Waals surface area contributed by atoms with Crippen molar-refractivity contribution in [1.29, 1.82) is 0 Å². The van der Waals surface area contributed by atoms with Crippen molar-refractivity contribution in [3.63, 3.8) is 0 Å². The van der Waals surface area contributed by atoms with Crippen LogP contribution in [-0.4, -0.2) is 16.7 Å². The van der Waals surface area contributed by atoms with Crippen molar-refractivity contribution in [3.8, 4) is 5.75 Å². The van der Waals surface area contributed by atoms with Gasteiger partial charge in [-0.05, 0) is 43.3 Å². The Morgan fingerprint density at radius 3 is 2.50 bits per heavy atom. The lowest BCUT2D eigenvalue weighted by Gasteiger charge is -2.03. The quantitative estimate of drug-likeness (QED) is 0.673. The van der Waals surface area contributed by atoms with Crippen molar-refractivity contribution >= 4 is 23.2 Å². The summed E-state index contributed by atoms with van der Waals surface area (Å²) >= 11 is 5.76. The lowest BCUT2D eigenvalue weighted by molar-refractivity contribution is 0.0955. The Hall–Kier alpha value is -2.33. The van der Waals surface area contributed by atoms with E-state index < -0.39 is 0 Å². The van der Waals surface area contributed by atoms with Gasteiger partial charge in [-0.25, -0.2) is 5.43 Å². The number of phenolic OH excluding ortho intramolecular Hbond substituents is 1. The highest BCUT2D eigenvalue weighted by Gasteiger charge is 2.05. The van der Waals surface area contributed by atoms with Crippen LogP contribution in [0, 0.1) is 0 Å². The minimum absolute atomic E-state index is 0.154. The minimum Gasteiger partial charge on any atom is -0.508 e. The van der Waals surface area contributed by atoms with E-state index in [2.05, 4.69) is 10.5 Å². The van der Waals surface area contributed by atoms with Crippen LogP contribution >= 0.6 is 11.6 Å². The molecule has 1 amide bonds. The first kappa shape index (κ1) is 14.1. The number of phenols is 1. The molecule has 2 aromatic rings. The van der Waals surface area contributed by atoms with Crippen LogP contribution in [-0.2, 0) is 0 Å². The molecule has 2 rings (SSSR count). The van der Waals surface area contributed by atoms with Gasteiger partial charge in [0.25, 0.3) is 5.91 Å². The van der Waals surface area contributed by atoms with E-state index >= 15 is 0 Å². The summed E-state index contributed by atoms with van der Waals surface area (Å²) < 4.78 is 0. The van der Waals surface area contributed by atoms with E-state index in [4.69, 9.17) is 11.6 Å². The number of hydrazone groups is 1. The van der Waals surface area contributed by atoms with Crippen molar-refractivity contribution < 1.29 is 9.90 Å². The van der Waals surface area contributed by atoms with Crippen molar-refractivity contribution in [3.05, 3.63) is 64.7 Å². The molecule has 20 heavy (non-hydrogen) atoms. The van der Waals surface area contributed by atoms with Gasteiger partial charge in [0.1, 0.15) is 5.75 Å². The first-order valence-electron chi connectivity index (χ1n) is 5.96. The largest absolute Gasteiger partial charge is 0.508 e. The number of carbonyl (C=O) groups is 1. The first-order chi connectivity index (χ1) is 9.56. The molecule has 5 heteroatoms. The lowest BCUT2D eigenvalue weighted by atomic mass is 10.1. The maximum absolute atomic E-state index is 11.8. The third-order valence-electron chi connectivity index (χ3n) is 2.70. The van der Waals surface area contributed by atoms with E-state index in [1.54, 1.807) is 55.5 Å². The van der Waals surface area contributed by atoms with Gasteiger partial charge in [0.15, 0.2) is 0 Å². The molecule has 0 aliphatic rings. The maximum atomic E-state index is 11.8. The molecule has 0 aromatic heterocycles. The molecule has 2 aromatic carbocycles. The fourth-order valence-electron chi connectivity index (χ4n) is 1.60. The second-order valence-electron chi connectivity index (χ2n) is 4.20. The number of hydrogen-bond donors (Lipinski definition) is 2. The van der Waals surface area contributed by atoms with Gasteiger partial charge in [-0.1, -0.05) is 23.7 Å². The monoisotopic (exact) mass is 288 g/mol. The molecule has 0 radical (unpaired) electrons. The van der Waals surface area contributed by atoms with E-state index in [0.717, 1.165) is 5.56 Å². The molecule has 4 nitrogen and oxygen atoms in total. The molecule has 0 unspecified atom stereocenters. The molecule has 0 saturated heterocycles. The van der Waals surface area contributed by atoms with Gasteiger partial charge in [-0.15, -0.1) is 0 Å². The standard InChI is InChI=1S/C15H13ClN2O2/c1-10(12-3-2-4-14(19)9-12)17-18-15(20)11-5-7-13(16)8-6-11/h2-9,19H,1H3,(H,18,20). The van der Waals surface area contributed by atoms with Crippen molar-refractivity contribution in [2.45, 2.75) is 6.92 Å². The molecule has 0 heterocycles. The van der Waals surface area contributed by atoms with Crippen molar-refractivity contribution in [2.24, 2.45) is 5.10 Å². The fraction of sp³-hybridized carbons (Fsp3) is 0.0667. The summed E-state index contributed by atoms with van der Waals surface area (Å²) in [5, 5.41) is 14.0. The van der Waals surface area contributed by atoms with Gasteiger partial charge in [-0.3, -0.25) is 4.79 Å². The van der Waals surface area contributed by atoms with E-state index in [0.29, 0.717) is 16.3 Å². The molecular formula is C15H13ClN2O2. The minimum atomic E-state index is -0.318. The zero-order chi connectivity index (χ0) is 14.5. The van der Waals surface area contributed by atoms with Crippen LogP contribution in [0.1, 0.15) is 22.8 Å². The SMILES string of the molecule is CC(=NNC(=O)c1ccc(Cl)cc1)c1cccc(O)c1. The highest BCUT2D eigenvalue weighted by molar-refractivity contribution is 6.30. The number of benzene rings is 2. The number of amides is 1. The van der Waals surface area contributed by atoms with Gasteiger partial charge >= 0.3 is 0 Å². The molecule has 0 atom stereocenters. The predicted molar refractivity (Wildman–Crippen MR) is 79.2 cm³/mol. The average molecular weight is 289 g/mol. The summed E-state index contributed by atoms with van der Waals surface area (Å²) in [6.45, 7) is 1.75. The summed E-state index contributed by atoms with van der Waals surface area (Å²) in [6, 6.07) is 13.2. The van der Waals surface area contributed by atoms with Crippen LogP contribution in [0.15, 0.2) is 53.6 Å². The van der Waals surface area contributed by atoms with E-state index in [-0.39, 0.29) is 11.7 Å². The summed E-state index contributed by atoms with van der Waals surface area (Å²) in [5.74, 6) is -0.165. The summed E-state index contributed by atoms with van der Waals surface area (Å²) in [5.41, 5.74) is 4.27. The van der Waals surface area contributed by atoms with Crippen LogP contribution in [0.25, 0.3) is 0 Å². The number of rotatable bonds is 3. The van der Waals surface area contributed by atoms with Crippen LogP contribution in [0.5, 0.6) is 5.75 Å². The summed E-state index contributed by atoms with van der Waals surface area (Å²) in [6.07, 6.45) is 0. The highest BCUT2D eigenvalue weighted by Crippen LogP contribution is 2.12.